The Morgan fingerprint density at radius 1 is 1.06 bits per heavy atom. The highest BCUT2D eigenvalue weighted by Crippen LogP contribution is 2.52. The van der Waals surface area contributed by atoms with Gasteiger partial charge in [-0.1, -0.05) is 48.5 Å². The zero-order valence-electron chi connectivity index (χ0n) is 17.8. The molecule has 2 aromatic carbocycles. The minimum absolute atomic E-state index is 0.0744. The monoisotopic (exact) mass is 462 g/mol. The smallest absolute Gasteiger partial charge is 0.325 e. The number of benzene rings is 2. The minimum atomic E-state index is -1.63. The molecular weight excluding hydrogens is 440 g/mol. The maximum absolute atomic E-state index is 13.8. The maximum atomic E-state index is 13.8. The molecule has 3 heterocycles. The normalized spacial score (nSPS) is 26.5. The largest absolute Gasteiger partial charge is 0.495 e. The van der Waals surface area contributed by atoms with E-state index in [0.717, 1.165) is 15.3 Å². The lowest BCUT2D eigenvalue weighted by molar-refractivity contribution is -0.148. The Labute approximate surface area is 194 Å². The van der Waals surface area contributed by atoms with Crippen LogP contribution < -0.4 is 15.0 Å². The van der Waals surface area contributed by atoms with Gasteiger partial charge in [-0.15, -0.1) is 11.3 Å². The maximum Gasteiger partial charge on any atom is 0.325 e. The van der Waals surface area contributed by atoms with Crippen molar-refractivity contribution in [2.75, 3.05) is 12.0 Å². The highest BCUT2D eigenvalue weighted by atomic mass is 32.1. The third kappa shape index (κ3) is 3.25. The number of carboxylic acid groups (broad SMARTS) is 1. The molecular formula is C25H22N2O5S. The Morgan fingerprint density at radius 2 is 1.79 bits per heavy atom. The van der Waals surface area contributed by atoms with Gasteiger partial charge < -0.3 is 9.84 Å². The van der Waals surface area contributed by atoms with Crippen LogP contribution in [0.1, 0.15) is 16.5 Å². The molecule has 5 rings (SSSR count). The molecule has 0 aliphatic carbocycles. The quantitative estimate of drug-likeness (QED) is 0.546. The summed E-state index contributed by atoms with van der Waals surface area (Å²) in [6.45, 7) is 0. The molecule has 8 heteroatoms. The molecule has 33 heavy (non-hydrogen) atoms. The number of amides is 2. The van der Waals surface area contributed by atoms with Gasteiger partial charge in [0.1, 0.15) is 11.3 Å². The number of carbonyl (C=O) groups excluding carboxylic acids is 2. The highest BCUT2D eigenvalue weighted by Gasteiger charge is 2.69. The molecule has 2 N–H and O–H groups in total. The zero-order chi connectivity index (χ0) is 23.2. The standard InChI is InChI=1S/C25H22N2O5S/c1-32-17-11-6-5-10-16(17)27-22(28)19-20(23(27)29)25(24(30)31,14-15-8-3-2-4-9-15)26-21(19)18-12-7-13-33-18/h2-13,19-21,26H,14H2,1H3,(H,30,31)/t19-,20-,21-,25+/m0/s1. The summed E-state index contributed by atoms with van der Waals surface area (Å²) in [4.78, 5) is 42.4. The van der Waals surface area contributed by atoms with Crippen LogP contribution in [0.25, 0.3) is 0 Å². The molecule has 0 spiro atoms. The highest BCUT2D eigenvalue weighted by molar-refractivity contribution is 7.10. The number of rotatable bonds is 6. The van der Waals surface area contributed by atoms with E-state index in [2.05, 4.69) is 5.32 Å². The number of carbonyl (C=O) groups is 3. The third-order valence-electron chi connectivity index (χ3n) is 6.54. The van der Waals surface area contributed by atoms with E-state index in [1.807, 2.05) is 47.8 Å². The second kappa shape index (κ2) is 8.13. The lowest BCUT2D eigenvalue weighted by Crippen LogP contribution is -2.57. The molecule has 0 bridgehead atoms. The van der Waals surface area contributed by atoms with Gasteiger partial charge in [-0.25, -0.2) is 4.90 Å². The lowest BCUT2D eigenvalue weighted by Gasteiger charge is -2.31. The number of para-hydroxylation sites is 2. The van der Waals surface area contributed by atoms with Gasteiger partial charge in [0.2, 0.25) is 11.8 Å². The van der Waals surface area contributed by atoms with Gasteiger partial charge in [-0.2, -0.15) is 0 Å². The predicted octanol–water partition coefficient (Wildman–Crippen LogP) is 3.27. The van der Waals surface area contributed by atoms with Gasteiger partial charge in [0, 0.05) is 11.3 Å². The summed E-state index contributed by atoms with van der Waals surface area (Å²) in [6, 6.07) is 19.1. The summed E-state index contributed by atoms with van der Waals surface area (Å²) in [5, 5.41) is 15.6. The van der Waals surface area contributed by atoms with Gasteiger partial charge in [0.25, 0.3) is 0 Å². The van der Waals surface area contributed by atoms with Crippen molar-refractivity contribution in [1.82, 2.24) is 5.32 Å². The molecule has 0 unspecified atom stereocenters. The number of thiophene rings is 1. The van der Waals surface area contributed by atoms with Crippen molar-refractivity contribution in [1.29, 1.82) is 0 Å². The number of hydrogen-bond donors (Lipinski definition) is 2. The molecule has 3 aromatic rings. The minimum Gasteiger partial charge on any atom is -0.495 e. The first kappa shape index (κ1) is 21.4. The van der Waals surface area contributed by atoms with E-state index in [1.54, 1.807) is 24.3 Å². The molecule has 1 aromatic heterocycles. The van der Waals surface area contributed by atoms with Gasteiger partial charge in [0.05, 0.1) is 30.7 Å². The summed E-state index contributed by atoms with van der Waals surface area (Å²) in [5.74, 6) is -3.64. The summed E-state index contributed by atoms with van der Waals surface area (Å²) in [6.07, 6.45) is 0.0744. The first-order chi connectivity index (χ1) is 16.0. The molecule has 0 radical (unpaired) electrons. The van der Waals surface area contributed by atoms with Crippen LogP contribution in [0.5, 0.6) is 5.75 Å². The van der Waals surface area contributed by atoms with E-state index in [9.17, 15) is 19.5 Å². The average Bonchev–Trinajstić information content (AvgIpc) is 3.52. The van der Waals surface area contributed by atoms with Crippen LogP contribution in [0.3, 0.4) is 0 Å². The summed E-state index contributed by atoms with van der Waals surface area (Å²) < 4.78 is 5.39. The summed E-state index contributed by atoms with van der Waals surface area (Å²) in [7, 11) is 1.47. The van der Waals surface area contributed by atoms with Gasteiger partial charge >= 0.3 is 5.97 Å². The van der Waals surface area contributed by atoms with Crippen molar-refractivity contribution in [3.05, 3.63) is 82.6 Å². The third-order valence-corrected chi connectivity index (χ3v) is 7.49. The molecule has 4 atom stereocenters. The molecule has 2 aliphatic rings. The number of aliphatic carboxylic acids is 1. The zero-order valence-corrected chi connectivity index (χ0v) is 18.6. The van der Waals surface area contributed by atoms with Crippen LogP contribution in [0.2, 0.25) is 0 Å². The first-order valence-electron chi connectivity index (χ1n) is 10.6. The number of fused-ring (bicyclic) bond motifs is 1. The van der Waals surface area contributed by atoms with Crippen molar-refractivity contribution in [2.24, 2.45) is 11.8 Å². The predicted molar refractivity (Wildman–Crippen MR) is 123 cm³/mol. The second-order valence-corrected chi connectivity index (χ2v) is 9.24. The van der Waals surface area contributed by atoms with Crippen LogP contribution in [0, 0.1) is 11.8 Å². The first-order valence-corrected chi connectivity index (χ1v) is 11.4. The van der Waals surface area contributed by atoms with Crippen LogP contribution in [-0.4, -0.2) is 35.5 Å². The van der Waals surface area contributed by atoms with Crippen LogP contribution in [-0.2, 0) is 20.8 Å². The molecule has 2 fully saturated rings. The number of carboxylic acids is 1. The Balaban J connectivity index is 1.66. The Kier molecular flexibility index (Phi) is 5.26. The lowest BCUT2D eigenvalue weighted by atomic mass is 9.76. The Morgan fingerprint density at radius 3 is 2.45 bits per heavy atom. The number of ether oxygens (including phenoxy) is 1. The van der Waals surface area contributed by atoms with Crippen molar-refractivity contribution in [3.63, 3.8) is 0 Å². The number of hydrogen-bond acceptors (Lipinski definition) is 6. The van der Waals surface area contributed by atoms with Gasteiger partial charge in [-0.3, -0.25) is 19.7 Å². The molecule has 0 saturated carbocycles. The molecule has 2 amide bonds. The van der Waals surface area contributed by atoms with E-state index in [0.29, 0.717) is 11.4 Å². The molecule has 168 valence electrons. The topological polar surface area (TPSA) is 95.9 Å². The average molecular weight is 463 g/mol. The fraction of sp³-hybridized carbons (Fsp3) is 0.240. The van der Waals surface area contributed by atoms with Gasteiger partial charge in [0.15, 0.2) is 0 Å². The molecule has 2 aliphatic heterocycles. The van der Waals surface area contributed by atoms with Crippen molar-refractivity contribution >= 4 is 34.8 Å². The van der Waals surface area contributed by atoms with Crippen molar-refractivity contribution in [3.8, 4) is 5.75 Å². The Hall–Kier alpha value is -3.49. The fourth-order valence-electron chi connectivity index (χ4n) is 5.12. The van der Waals surface area contributed by atoms with Crippen molar-refractivity contribution < 1.29 is 24.2 Å². The second-order valence-electron chi connectivity index (χ2n) is 8.26. The van der Waals surface area contributed by atoms with Gasteiger partial charge in [-0.05, 0) is 29.1 Å². The van der Waals surface area contributed by atoms with E-state index in [1.165, 1.54) is 18.4 Å². The van der Waals surface area contributed by atoms with E-state index < -0.39 is 41.2 Å². The van der Waals surface area contributed by atoms with Crippen molar-refractivity contribution in [2.45, 2.75) is 18.0 Å². The van der Waals surface area contributed by atoms with E-state index >= 15 is 0 Å². The van der Waals surface area contributed by atoms with E-state index in [4.69, 9.17) is 4.74 Å². The number of nitrogens with one attached hydrogen (secondary N) is 1. The van der Waals surface area contributed by atoms with Crippen LogP contribution in [0.4, 0.5) is 5.69 Å². The summed E-state index contributed by atoms with van der Waals surface area (Å²) in [5.41, 5.74) is -0.535. The van der Waals surface area contributed by atoms with Crippen LogP contribution in [0.15, 0.2) is 72.1 Å². The van der Waals surface area contributed by atoms with Crippen LogP contribution >= 0.6 is 11.3 Å². The molecule has 7 nitrogen and oxygen atoms in total. The SMILES string of the molecule is COc1ccccc1N1C(=O)[C@H]2[C@@H](C1=O)[C@](Cc1ccccc1)(C(=O)O)N[C@H]2c1cccs1. The number of methoxy groups -OCH3 is 1. The fourth-order valence-corrected chi connectivity index (χ4v) is 5.94. The number of anilines is 1. The van der Waals surface area contributed by atoms with E-state index in [-0.39, 0.29) is 6.42 Å². The molecule has 2 saturated heterocycles. The summed E-state index contributed by atoms with van der Waals surface area (Å²) >= 11 is 1.43. The number of nitrogens with zero attached hydrogens (tertiary/aromatic N) is 1. The number of imide groups is 1. The Bertz CT molecular complexity index is 1210.